The molecule has 0 spiro atoms. The van der Waals surface area contributed by atoms with Gasteiger partial charge in [0.15, 0.2) is 5.82 Å². The lowest BCUT2D eigenvalue weighted by Crippen LogP contribution is -2.04. The highest BCUT2D eigenvalue weighted by atomic mass is 16.6. The van der Waals surface area contributed by atoms with Gasteiger partial charge >= 0.3 is 0 Å². The summed E-state index contributed by atoms with van der Waals surface area (Å²) in [5.41, 5.74) is 2.36. The SMILES string of the molecule is O=[N+]([O-])c1ccc(-n2nc(C3CC3)cc2C2CC2)nc1. The van der Waals surface area contributed by atoms with E-state index in [1.165, 1.54) is 43.6 Å². The van der Waals surface area contributed by atoms with Crippen LogP contribution in [0.15, 0.2) is 24.4 Å². The standard InChI is InChI=1S/C14H14N4O2/c19-18(20)11-5-6-14(15-8-11)17-13(10-3-4-10)7-12(16-17)9-1-2-9/h5-10H,1-4H2. The molecule has 2 fully saturated rings. The Hall–Kier alpha value is -2.24. The zero-order chi connectivity index (χ0) is 13.7. The molecule has 0 saturated heterocycles. The maximum atomic E-state index is 10.7. The molecule has 6 heteroatoms. The van der Waals surface area contributed by atoms with E-state index in [9.17, 15) is 10.1 Å². The smallest absolute Gasteiger partial charge is 0.258 e. The normalized spacial score (nSPS) is 18.2. The topological polar surface area (TPSA) is 73.8 Å². The third kappa shape index (κ3) is 1.97. The second-order valence-electron chi connectivity index (χ2n) is 5.59. The fourth-order valence-corrected chi connectivity index (χ4v) is 2.46. The zero-order valence-corrected chi connectivity index (χ0v) is 10.9. The fraction of sp³-hybridized carbons (Fsp3) is 0.429. The van der Waals surface area contributed by atoms with E-state index in [0.717, 1.165) is 5.69 Å². The van der Waals surface area contributed by atoms with E-state index in [4.69, 9.17) is 0 Å². The Kier molecular flexibility index (Phi) is 2.39. The van der Waals surface area contributed by atoms with Crippen molar-refractivity contribution in [3.05, 3.63) is 45.9 Å². The number of pyridine rings is 1. The van der Waals surface area contributed by atoms with E-state index < -0.39 is 4.92 Å². The Morgan fingerprint density at radius 3 is 2.50 bits per heavy atom. The second kappa shape index (κ2) is 4.13. The lowest BCUT2D eigenvalue weighted by molar-refractivity contribution is -0.385. The Labute approximate surface area is 115 Å². The molecule has 0 unspecified atom stereocenters. The molecule has 2 aromatic rings. The van der Waals surface area contributed by atoms with Crippen LogP contribution in [0, 0.1) is 10.1 Å². The van der Waals surface area contributed by atoms with Gasteiger partial charge in [-0.15, -0.1) is 0 Å². The molecule has 0 amide bonds. The molecule has 20 heavy (non-hydrogen) atoms. The van der Waals surface area contributed by atoms with Crippen molar-refractivity contribution in [1.82, 2.24) is 14.8 Å². The Morgan fingerprint density at radius 1 is 1.20 bits per heavy atom. The van der Waals surface area contributed by atoms with Crippen molar-refractivity contribution >= 4 is 5.69 Å². The van der Waals surface area contributed by atoms with Crippen molar-refractivity contribution in [3.63, 3.8) is 0 Å². The van der Waals surface area contributed by atoms with Gasteiger partial charge in [0, 0.05) is 23.6 Å². The van der Waals surface area contributed by atoms with Gasteiger partial charge in [-0.3, -0.25) is 10.1 Å². The molecule has 0 bridgehead atoms. The molecule has 0 radical (unpaired) electrons. The quantitative estimate of drug-likeness (QED) is 0.632. The molecule has 2 aliphatic rings. The van der Waals surface area contributed by atoms with E-state index in [1.807, 2.05) is 4.68 Å². The molecular formula is C14H14N4O2. The number of aromatic nitrogens is 3. The predicted octanol–water partition coefficient (Wildman–Crippen LogP) is 2.93. The van der Waals surface area contributed by atoms with E-state index in [-0.39, 0.29) is 5.69 Å². The van der Waals surface area contributed by atoms with Gasteiger partial charge in [0.05, 0.1) is 10.6 Å². The summed E-state index contributed by atoms with van der Waals surface area (Å²) in [5.74, 6) is 1.85. The molecule has 0 N–H and O–H groups in total. The molecule has 0 atom stereocenters. The lowest BCUT2D eigenvalue weighted by Gasteiger charge is -2.04. The first kappa shape index (κ1) is 11.6. The molecular weight excluding hydrogens is 256 g/mol. The molecule has 0 aromatic carbocycles. The average Bonchev–Trinajstić information content (AvgIpc) is 3.37. The zero-order valence-electron chi connectivity index (χ0n) is 10.9. The van der Waals surface area contributed by atoms with Crippen molar-refractivity contribution in [3.8, 4) is 5.82 Å². The highest BCUT2D eigenvalue weighted by Crippen LogP contribution is 2.45. The number of nitro groups is 1. The summed E-state index contributed by atoms with van der Waals surface area (Å²) in [6.45, 7) is 0. The number of rotatable bonds is 4. The monoisotopic (exact) mass is 270 g/mol. The van der Waals surface area contributed by atoms with Crippen molar-refractivity contribution in [2.45, 2.75) is 37.5 Å². The maximum Gasteiger partial charge on any atom is 0.287 e. The molecule has 2 heterocycles. The van der Waals surface area contributed by atoms with Crippen molar-refractivity contribution in [2.24, 2.45) is 0 Å². The van der Waals surface area contributed by atoms with Crippen LogP contribution in [0.5, 0.6) is 0 Å². The fourth-order valence-electron chi connectivity index (χ4n) is 2.46. The molecule has 6 nitrogen and oxygen atoms in total. The first-order valence-corrected chi connectivity index (χ1v) is 6.93. The van der Waals surface area contributed by atoms with Gasteiger partial charge < -0.3 is 0 Å². The van der Waals surface area contributed by atoms with Crippen molar-refractivity contribution in [1.29, 1.82) is 0 Å². The summed E-state index contributed by atoms with van der Waals surface area (Å²) < 4.78 is 1.87. The van der Waals surface area contributed by atoms with Gasteiger partial charge in [-0.05, 0) is 37.8 Å². The van der Waals surface area contributed by atoms with Crippen LogP contribution in [0.1, 0.15) is 48.9 Å². The van der Waals surface area contributed by atoms with Crippen molar-refractivity contribution in [2.75, 3.05) is 0 Å². The number of nitrogens with zero attached hydrogens (tertiary/aromatic N) is 4. The lowest BCUT2D eigenvalue weighted by atomic mass is 10.2. The summed E-state index contributed by atoms with van der Waals surface area (Å²) in [5, 5.41) is 15.3. The number of hydrogen-bond donors (Lipinski definition) is 0. The van der Waals surface area contributed by atoms with Crippen LogP contribution in [-0.2, 0) is 0 Å². The summed E-state index contributed by atoms with van der Waals surface area (Å²) >= 11 is 0. The van der Waals surface area contributed by atoms with Gasteiger partial charge in [0.1, 0.15) is 6.20 Å². The minimum Gasteiger partial charge on any atom is -0.258 e. The highest BCUT2D eigenvalue weighted by molar-refractivity contribution is 5.36. The van der Waals surface area contributed by atoms with Gasteiger partial charge in [-0.2, -0.15) is 5.10 Å². The third-order valence-electron chi connectivity index (χ3n) is 3.91. The molecule has 2 aromatic heterocycles. The summed E-state index contributed by atoms with van der Waals surface area (Å²) in [7, 11) is 0. The first-order valence-electron chi connectivity index (χ1n) is 6.93. The average molecular weight is 270 g/mol. The maximum absolute atomic E-state index is 10.7. The van der Waals surface area contributed by atoms with Crippen LogP contribution in [-0.4, -0.2) is 19.7 Å². The molecule has 102 valence electrons. The highest BCUT2D eigenvalue weighted by Gasteiger charge is 2.33. The Morgan fingerprint density at radius 2 is 1.95 bits per heavy atom. The Balaban J connectivity index is 1.74. The molecule has 2 saturated carbocycles. The predicted molar refractivity (Wildman–Crippen MR) is 72.0 cm³/mol. The molecule has 0 aliphatic heterocycles. The minimum atomic E-state index is -0.433. The molecule has 4 rings (SSSR count). The molecule has 2 aliphatic carbocycles. The van der Waals surface area contributed by atoms with Gasteiger partial charge in [0.2, 0.25) is 0 Å². The summed E-state index contributed by atoms with van der Waals surface area (Å²) in [6, 6.07) is 5.35. The van der Waals surface area contributed by atoms with Crippen LogP contribution in [0.4, 0.5) is 5.69 Å². The van der Waals surface area contributed by atoms with E-state index in [2.05, 4.69) is 16.1 Å². The van der Waals surface area contributed by atoms with Gasteiger partial charge in [-0.25, -0.2) is 9.67 Å². The second-order valence-corrected chi connectivity index (χ2v) is 5.59. The summed E-state index contributed by atoms with van der Waals surface area (Å²) in [4.78, 5) is 14.4. The van der Waals surface area contributed by atoms with Crippen LogP contribution in [0.2, 0.25) is 0 Å². The Bertz CT molecular complexity index is 669. The van der Waals surface area contributed by atoms with E-state index in [1.54, 1.807) is 6.07 Å². The minimum absolute atomic E-state index is 0.0105. The summed E-state index contributed by atoms with van der Waals surface area (Å²) in [6.07, 6.45) is 6.12. The van der Waals surface area contributed by atoms with Crippen molar-refractivity contribution < 1.29 is 4.92 Å². The first-order chi connectivity index (χ1) is 9.72. The number of hydrogen-bond acceptors (Lipinski definition) is 4. The van der Waals surface area contributed by atoms with Crippen LogP contribution >= 0.6 is 0 Å². The van der Waals surface area contributed by atoms with Gasteiger partial charge in [-0.1, -0.05) is 0 Å². The van der Waals surface area contributed by atoms with Crippen LogP contribution < -0.4 is 0 Å². The van der Waals surface area contributed by atoms with E-state index in [0.29, 0.717) is 17.7 Å². The largest absolute Gasteiger partial charge is 0.287 e. The van der Waals surface area contributed by atoms with Crippen LogP contribution in [0.25, 0.3) is 5.82 Å². The van der Waals surface area contributed by atoms with Gasteiger partial charge in [0.25, 0.3) is 5.69 Å². The van der Waals surface area contributed by atoms with E-state index >= 15 is 0 Å². The third-order valence-corrected chi connectivity index (χ3v) is 3.91. The van der Waals surface area contributed by atoms with Crippen LogP contribution in [0.3, 0.4) is 0 Å².